The summed E-state index contributed by atoms with van der Waals surface area (Å²) < 4.78 is 3.06. The van der Waals surface area contributed by atoms with Crippen molar-refractivity contribution in [2.45, 2.75) is 62.9 Å². The van der Waals surface area contributed by atoms with E-state index >= 15 is 0 Å². The van der Waals surface area contributed by atoms with E-state index in [1.54, 1.807) is 48.7 Å². The van der Waals surface area contributed by atoms with E-state index in [-0.39, 0.29) is 29.1 Å². The zero-order valence-corrected chi connectivity index (χ0v) is 28.0. The van der Waals surface area contributed by atoms with Crippen molar-refractivity contribution in [2.75, 3.05) is 12.3 Å². The Morgan fingerprint density at radius 3 is 2.40 bits per heavy atom. The number of thiol groups is 1. The van der Waals surface area contributed by atoms with Crippen molar-refractivity contribution in [1.82, 2.24) is 25.8 Å². The van der Waals surface area contributed by atoms with E-state index in [0.29, 0.717) is 24.8 Å². The molecule has 4 atom stereocenters. The summed E-state index contributed by atoms with van der Waals surface area (Å²) in [4.78, 5) is 56.6. The fourth-order valence-electron chi connectivity index (χ4n) is 4.88. The van der Waals surface area contributed by atoms with Crippen LogP contribution in [0.15, 0.2) is 60.8 Å². The number of nitrogens with one attached hydrogen (secondary N) is 4. The molecule has 0 saturated carbocycles. The Kier molecular flexibility index (Phi) is 15.2. The van der Waals surface area contributed by atoms with Crippen molar-refractivity contribution >= 4 is 58.9 Å². The maximum atomic E-state index is 13.2. The Morgan fingerprint density at radius 2 is 1.74 bits per heavy atom. The van der Waals surface area contributed by atoms with Crippen molar-refractivity contribution in [3.63, 3.8) is 0 Å². The largest absolute Gasteiger partial charge is 0.506 e. The Hall–Kier alpha value is -3.93. The number of pyridine rings is 1. The third kappa shape index (κ3) is 11.1. The number of phenols is 1. The van der Waals surface area contributed by atoms with Gasteiger partial charge in [-0.15, -0.1) is 12.3 Å². The average Bonchev–Trinajstić information content (AvgIpc) is 3.07. The van der Waals surface area contributed by atoms with Crippen molar-refractivity contribution in [3.05, 3.63) is 71.9 Å². The summed E-state index contributed by atoms with van der Waals surface area (Å²) >= 11 is 5.50. The molecular weight excluding hydrogens is 639 g/mol. The number of nitrogens with zero attached hydrogens (tertiary/aromatic N) is 1. The number of fused-ring (bicyclic) bond motifs is 1. The van der Waals surface area contributed by atoms with Crippen LogP contribution in [-0.2, 0) is 25.6 Å². The minimum atomic E-state index is -1.07. The number of phenolic OH excluding ortho intramolecular Hbond substituents is 1. The zero-order valence-electron chi connectivity index (χ0n) is 26.3. The number of aromatic hydroxyl groups is 1. The highest BCUT2D eigenvalue weighted by Gasteiger charge is 2.29. The molecule has 11 nitrogen and oxygen atoms in total. The smallest absolute Gasteiger partial charge is 0.243 e. The van der Waals surface area contributed by atoms with Crippen LogP contribution < -0.4 is 20.8 Å². The lowest BCUT2D eigenvalue weighted by molar-refractivity contribution is -0.137. The minimum Gasteiger partial charge on any atom is -0.506 e. The van der Waals surface area contributed by atoms with Gasteiger partial charge in [0.1, 0.15) is 23.3 Å². The molecule has 0 saturated heterocycles. The van der Waals surface area contributed by atoms with Gasteiger partial charge in [0.25, 0.3) is 0 Å². The molecule has 0 radical (unpaired) electrons. The predicted octanol–water partition coefficient (Wildman–Crippen LogP) is 3.31. The number of hydrogen-bond acceptors (Lipinski definition) is 11. The van der Waals surface area contributed by atoms with Gasteiger partial charge in [-0.3, -0.25) is 28.9 Å². The second-order valence-electron chi connectivity index (χ2n) is 11.3. The number of carbonyl (C=O) groups is 4. The third-order valence-corrected chi connectivity index (χ3v) is 8.88. The fourth-order valence-corrected chi connectivity index (χ4v) is 6.35. The number of aromatic nitrogens is 1. The molecule has 47 heavy (non-hydrogen) atoms. The second kappa shape index (κ2) is 19.0. The minimum absolute atomic E-state index is 0.00332. The maximum Gasteiger partial charge on any atom is 0.243 e. The highest BCUT2D eigenvalue weighted by Crippen LogP contribution is 2.38. The van der Waals surface area contributed by atoms with Crippen LogP contribution in [0.2, 0.25) is 0 Å². The van der Waals surface area contributed by atoms with Gasteiger partial charge in [0.15, 0.2) is 0 Å². The molecule has 1 unspecified atom stereocenters. The maximum absolute atomic E-state index is 13.2. The Bertz CT molecular complexity index is 1570. The third-order valence-electron chi connectivity index (χ3n) is 7.32. The lowest BCUT2D eigenvalue weighted by Gasteiger charge is -2.23. The first kappa shape index (κ1) is 37.5. The van der Waals surface area contributed by atoms with Crippen molar-refractivity contribution in [2.24, 2.45) is 5.92 Å². The highest BCUT2D eigenvalue weighted by molar-refractivity contribution is 7.97. The van der Waals surface area contributed by atoms with Gasteiger partial charge in [0.2, 0.25) is 23.4 Å². The number of hydroxylamine groups is 1. The standard InChI is InChI=1S/C34H41N5O6S2/c1-4-5-13-30(23-14-15-28(40)31-24(23)12-9-16-35-31)47-39-27(20-46)32(42)29(41)19-36-33(43)25(18-22-10-7-6-8-11-22)37-34(44)26(38-45)17-21(2)3/h1,6-12,14-16,21,25-27,30,38-40,45-46H,5,13,17-20H2,2-3H3,(H,36,43)(H,37,44)/t25-,26-,27-,30?/m0/s1. The quantitative estimate of drug-likeness (QED) is 0.0328. The molecule has 2 amide bonds. The summed E-state index contributed by atoms with van der Waals surface area (Å²) in [5, 5.41) is 25.4. The van der Waals surface area contributed by atoms with E-state index < -0.39 is 48.1 Å². The molecule has 0 aliphatic rings. The molecule has 0 aliphatic carbocycles. The van der Waals surface area contributed by atoms with E-state index in [0.717, 1.165) is 16.5 Å². The molecule has 3 aromatic rings. The highest BCUT2D eigenvalue weighted by atomic mass is 32.2. The first-order chi connectivity index (χ1) is 22.6. The second-order valence-corrected chi connectivity index (χ2v) is 12.7. The number of Topliss-reactive ketones (excluding diaryl/α,β-unsaturated/α-hetero) is 2. The SMILES string of the molecule is C#CCCC(SN[C@@H](CS)C(=O)C(=O)CNC(=O)[C@H](Cc1ccccc1)NC(=O)[C@H](CC(C)C)NO)c1ccc(O)c2ncccc12. The van der Waals surface area contributed by atoms with Gasteiger partial charge < -0.3 is 20.9 Å². The monoisotopic (exact) mass is 679 g/mol. The molecule has 13 heteroatoms. The van der Waals surface area contributed by atoms with Gasteiger partial charge in [-0.1, -0.05) is 68.3 Å². The summed E-state index contributed by atoms with van der Waals surface area (Å²) in [6, 6.07) is 13.0. The van der Waals surface area contributed by atoms with Crippen LogP contribution in [0.1, 0.15) is 49.5 Å². The topological polar surface area (TPSA) is 170 Å². The van der Waals surface area contributed by atoms with E-state index in [1.807, 2.05) is 31.5 Å². The first-order valence-corrected chi connectivity index (χ1v) is 16.7. The number of terminal acetylenes is 1. The lowest BCUT2D eigenvalue weighted by atomic mass is 10.0. The molecule has 2 aromatic carbocycles. The van der Waals surface area contributed by atoms with Crippen LogP contribution in [0.5, 0.6) is 5.75 Å². The van der Waals surface area contributed by atoms with Gasteiger partial charge in [0, 0.05) is 35.4 Å². The molecule has 1 aromatic heterocycles. The zero-order chi connectivity index (χ0) is 34.3. The summed E-state index contributed by atoms with van der Waals surface area (Å²) in [6.45, 7) is 3.20. The van der Waals surface area contributed by atoms with E-state index in [4.69, 9.17) is 6.42 Å². The van der Waals surface area contributed by atoms with Crippen molar-refractivity contribution < 1.29 is 29.5 Å². The fraction of sp³-hybridized carbons (Fsp3) is 0.382. The first-order valence-electron chi connectivity index (χ1n) is 15.2. The number of carbonyl (C=O) groups excluding carboxylic acids is 4. The van der Waals surface area contributed by atoms with Gasteiger partial charge in [-0.05, 0) is 42.0 Å². The lowest BCUT2D eigenvalue weighted by Crippen LogP contribution is -2.54. The van der Waals surface area contributed by atoms with Crippen LogP contribution in [0, 0.1) is 18.3 Å². The number of benzene rings is 2. The van der Waals surface area contributed by atoms with Crippen LogP contribution in [-0.4, -0.2) is 69.1 Å². The van der Waals surface area contributed by atoms with E-state index in [9.17, 15) is 29.5 Å². The number of rotatable bonds is 19. The van der Waals surface area contributed by atoms with Crippen molar-refractivity contribution in [1.29, 1.82) is 0 Å². The van der Waals surface area contributed by atoms with Gasteiger partial charge in [-0.2, -0.15) is 18.1 Å². The molecule has 1 heterocycles. The molecule has 0 aliphatic heterocycles. The van der Waals surface area contributed by atoms with Crippen molar-refractivity contribution in [3.8, 4) is 18.1 Å². The number of hydrogen-bond donors (Lipinski definition) is 7. The molecule has 0 spiro atoms. The number of amides is 2. The normalized spacial score (nSPS) is 13.7. The van der Waals surface area contributed by atoms with E-state index in [2.05, 4.69) is 38.9 Å². The predicted molar refractivity (Wildman–Crippen MR) is 186 cm³/mol. The van der Waals surface area contributed by atoms with Crippen LogP contribution in [0.4, 0.5) is 0 Å². The number of ketones is 2. The van der Waals surface area contributed by atoms with Gasteiger partial charge >= 0.3 is 0 Å². The Morgan fingerprint density at radius 1 is 1.00 bits per heavy atom. The van der Waals surface area contributed by atoms with Gasteiger partial charge in [0.05, 0.1) is 12.6 Å². The van der Waals surface area contributed by atoms with Crippen LogP contribution in [0.25, 0.3) is 10.9 Å². The summed E-state index contributed by atoms with van der Waals surface area (Å²) in [5.74, 6) is -0.0866. The molecule has 6 N–H and O–H groups in total. The van der Waals surface area contributed by atoms with Crippen LogP contribution in [0.3, 0.4) is 0 Å². The van der Waals surface area contributed by atoms with E-state index in [1.165, 1.54) is 11.9 Å². The molecule has 3 rings (SSSR count). The molecular formula is C34H41N5O6S2. The molecule has 250 valence electrons. The molecule has 0 fully saturated rings. The Labute approximate surface area is 284 Å². The summed E-state index contributed by atoms with van der Waals surface area (Å²) in [7, 11) is 0. The summed E-state index contributed by atoms with van der Waals surface area (Å²) in [5.41, 5.74) is 4.05. The van der Waals surface area contributed by atoms with Crippen LogP contribution >= 0.6 is 24.6 Å². The Balaban J connectivity index is 1.68. The average molecular weight is 680 g/mol. The summed E-state index contributed by atoms with van der Waals surface area (Å²) in [6.07, 6.45) is 8.56. The molecule has 0 bridgehead atoms. The van der Waals surface area contributed by atoms with Gasteiger partial charge in [-0.25, -0.2) is 0 Å².